The molecule has 27 heavy (non-hydrogen) atoms. The fraction of sp³-hybridized carbons (Fsp3) is 0.286. The van der Waals surface area contributed by atoms with E-state index >= 15 is 0 Å². The van der Waals surface area contributed by atoms with E-state index in [0.29, 0.717) is 11.1 Å². The molecule has 0 bridgehead atoms. The Morgan fingerprint density at radius 1 is 0.963 bits per heavy atom. The maximum Gasteiger partial charge on any atom is 0.422 e. The molecule has 2 N–H and O–H groups in total. The monoisotopic (exact) mass is 373 g/mol. The molecule has 0 saturated carbocycles. The molecular weight excluding hydrogens is 351 g/mol. The maximum absolute atomic E-state index is 13.6. The van der Waals surface area contributed by atoms with Crippen LogP contribution in [0.5, 0.6) is 0 Å². The van der Waals surface area contributed by atoms with Crippen LogP contribution in [0.25, 0.3) is 22.2 Å². The molecule has 1 aliphatic heterocycles. The summed E-state index contributed by atoms with van der Waals surface area (Å²) in [5, 5.41) is 0.615. The van der Waals surface area contributed by atoms with E-state index in [1.165, 1.54) is 11.0 Å². The summed E-state index contributed by atoms with van der Waals surface area (Å²) in [6.07, 6.45) is -4.41. The number of nitrogens with one attached hydrogen (secondary N) is 2. The van der Waals surface area contributed by atoms with E-state index in [2.05, 4.69) is 16.9 Å². The molecule has 4 rings (SSSR count). The Bertz CT molecular complexity index is 946. The third kappa shape index (κ3) is 3.49. The minimum Gasteiger partial charge on any atom is -0.359 e. The van der Waals surface area contributed by atoms with Crippen LogP contribution < -0.4 is 14.8 Å². The molecule has 2 heterocycles. The number of hydrogen-bond acceptors (Lipinski definition) is 1. The zero-order valence-electron chi connectivity index (χ0n) is 15.1. The van der Waals surface area contributed by atoms with Gasteiger partial charge >= 0.3 is 6.18 Å². The first-order chi connectivity index (χ1) is 12.9. The van der Waals surface area contributed by atoms with Crippen molar-refractivity contribution in [2.45, 2.75) is 6.18 Å². The van der Waals surface area contributed by atoms with Gasteiger partial charge in [-0.3, -0.25) is 0 Å². The number of aromatic amines is 1. The second-order valence-electron chi connectivity index (χ2n) is 7.10. The Morgan fingerprint density at radius 2 is 1.67 bits per heavy atom. The van der Waals surface area contributed by atoms with Crippen molar-refractivity contribution in [2.24, 2.45) is 0 Å². The molecule has 0 aliphatic carbocycles. The standard InChI is InChI=1S/C21H20F3N3/c1-26-10-12-27(13-11-26)19-14-18(15-6-3-2-4-7-15)25-20-16(19)8-5-9-17(20)21(22,23)24/h2-9,14H,10-13H2,1H3/p+2. The molecule has 0 atom stereocenters. The largest absolute Gasteiger partial charge is 0.422 e. The molecular formula is C21H22F3N3+2. The molecule has 1 aliphatic rings. The average molecular weight is 373 g/mol. The molecule has 0 radical (unpaired) electrons. The number of fused-ring (bicyclic) bond motifs is 1. The summed E-state index contributed by atoms with van der Waals surface area (Å²) < 4.78 is 40.9. The lowest BCUT2D eigenvalue weighted by Crippen LogP contribution is -3.12. The number of anilines is 1. The Labute approximate surface area is 156 Å². The van der Waals surface area contributed by atoms with E-state index in [1.807, 2.05) is 36.4 Å². The molecule has 3 aromatic rings. The van der Waals surface area contributed by atoms with Gasteiger partial charge in [-0.15, -0.1) is 0 Å². The first-order valence-corrected chi connectivity index (χ1v) is 9.11. The summed E-state index contributed by atoms with van der Waals surface area (Å²) in [7, 11) is 2.14. The van der Waals surface area contributed by atoms with Gasteiger partial charge in [0, 0.05) is 11.6 Å². The molecule has 3 nitrogen and oxygen atoms in total. The number of aromatic nitrogens is 1. The highest BCUT2D eigenvalue weighted by molar-refractivity contribution is 5.93. The number of pyridine rings is 1. The van der Waals surface area contributed by atoms with Crippen LogP contribution in [0, 0.1) is 0 Å². The average Bonchev–Trinajstić information content (AvgIpc) is 2.67. The highest BCUT2D eigenvalue weighted by Crippen LogP contribution is 2.37. The van der Waals surface area contributed by atoms with Crippen LogP contribution in [0.2, 0.25) is 0 Å². The number of alkyl halides is 3. The van der Waals surface area contributed by atoms with Gasteiger partial charge in [-0.1, -0.05) is 24.3 Å². The number of H-pyrrole nitrogens is 1. The van der Waals surface area contributed by atoms with Gasteiger partial charge in [0.05, 0.1) is 44.3 Å². The van der Waals surface area contributed by atoms with Crippen molar-refractivity contribution in [1.29, 1.82) is 0 Å². The van der Waals surface area contributed by atoms with Gasteiger partial charge in [-0.2, -0.15) is 13.2 Å². The van der Waals surface area contributed by atoms with Gasteiger partial charge < -0.3 is 9.80 Å². The van der Waals surface area contributed by atoms with Crippen LogP contribution >= 0.6 is 0 Å². The van der Waals surface area contributed by atoms with Crippen LogP contribution in [0.3, 0.4) is 0 Å². The van der Waals surface area contributed by atoms with Crippen molar-refractivity contribution in [3.63, 3.8) is 0 Å². The first kappa shape index (κ1) is 17.8. The van der Waals surface area contributed by atoms with Gasteiger partial charge in [0.15, 0.2) is 0 Å². The number of benzene rings is 2. The molecule has 1 aromatic heterocycles. The zero-order chi connectivity index (χ0) is 19.0. The topological polar surface area (TPSA) is 21.8 Å². The fourth-order valence-electron chi connectivity index (χ4n) is 3.69. The molecule has 2 aromatic carbocycles. The van der Waals surface area contributed by atoms with E-state index < -0.39 is 11.7 Å². The number of rotatable bonds is 2. The fourth-order valence-corrected chi connectivity index (χ4v) is 3.69. The van der Waals surface area contributed by atoms with Crippen molar-refractivity contribution >= 4 is 16.6 Å². The zero-order valence-corrected chi connectivity index (χ0v) is 15.1. The predicted octanol–water partition coefficient (Wildman–Crippen LogP) is 2.67. The van der Waals surface area contributed by atoms with E-state index in [1.54, 1.807) is 6.07 Å². The van der Waals surface area contributed by atoms with E-state index in [4.69, 9.17) is 0 Å². The number of nitrogens with zero attached hydrogens (tertiary/aromatic N) is 1. The Kier molecular flexibility index (Phi) is 4.52. The summed E-state index contributed by atoms with van der Waals surface area (Å²) in [4.78, 5) is 6.70. The van der Waals surface area contributed by atoms with E-state index in [0.717, 1.165) is 43.5 Å². The highest BCUT2D eigenvalue weighted by Gasteiger charge is 2.37. The Hall–Kier alpha value is -2.60. The summed E-state index contributed by atoms with van der Waals surface area (Å²) in [6, 6.07) is 15.9. The van der Waals surface area contributed by atoms with Crippen molar-refractivity contribution in [2.75, 3.05) is 38.1 Å². The van der Waals surface area contributed by atoms with Crippen LogP contribution in [-0.2, 0) is 6.18 Å². The summed E-state index contributed by atoms with van der Waals surface area (Å²) in [5.74, 6) is 0. The normalized spacial score (nSPS) is 16.1. The van der Waals surface area contributed by atoms with E-state index in [-0.39, 0.29) is 5.52 Å². The second kappa shape index (κ2) is 6.85. The SMILES string of the molecule is C[NH+]1CCN(c2cc(-c3ccccc3)[nH+]c3c(C(F)(F)F)cccc23)CC1. The number of likely N-dealkylation sites (N-methyl/N-ethyl adjacent to an activating group) is 1. The number of halogens is 3. The summed E-state index contributed by atoms with van der Waals surface area (Å²) >= 11 is 0. The lowest BCUT2D eigenvalue weighted by molar-refractivity contribution is -0.880. The molecule has 6 heteroatoms. The van der Waals surface area contributed by atoms with Crippen molar-refractivity contribution < 1.29 is 23.1 Å². The maximum atomic E-state index is 13.6. The van der Waals surface area contributed by atoms with Crippen LogP contribution in [-0.4, -0.2) is 33.2 Å². The molecule has 1 saturated heterocycles. The lowest BCUT2D eigenvalue weighted by Gasteiger charge is -2.32. The molecule has 0 unspecified atom stereocenters. The third-order valence-electron chi connectivity index (χ3n) is 5.23. The Balaban J connectivity index is 1.95. The van der Waals surface area contributed by atoms with Crippen molar-refractivity contribution in [1.82, 2.24) is 0 Å². The molecule has 1 fully saturated rings. The molecule has 0 spiro atoms. The number of piperazine rings is 1. The van der Waals surface area contributed by atoms with Gasteiger partial charge in [0.2, 0.25) is 11.2 Å². The predicted molar refractivity (Wildman–Crippen MR) is 99.8 cm³/mol. The van der Waals surface area contributed by atoms with Crippen LogP contribution in [0.1, 0.15) is 5.56 Å². The summed E-state index contributed by atoms with van der Waals surface area (Å²) in [6.45, 7) is 3.60. The van der Waals surface area contributed by atoms with Crippen LogP contribution in [0.4, 0.5) is 18.9 Å². The number of para-hydroxylation sites is 1. The second-order valence-corrected chi connectivity index (χ2v) is 7.10. The van der Waals surface area contributed by atoms with Gasteiger partial charge in [-0.25, -0.2) is 4.98 Å². The van der Waals surface area contributed by atoms with E-state index in [9.17, 15) is 13.2 Å². The molecule has 0 amide bonds. The quantitative estimate of drug-likeness (QED) is 0.733. The van der Waals surface area contributed by atoms with Gasteiger partial charge in [0.25, 0.3) is 0 Å². The Morgan fingerprint density at radius 3 is 2.33 bits per heavy atom. The lowest BCUT2D eigenvalue weighted by atomic mass is 10.0. The number of quaternary nitrogens is 1. The smallest absolute Gasteiger partial charge is 0.359 e. The first-order valence-electron chi connectivity index (χ1n) is 9.11. The third-order valence-corrected chi connectivity index (χ3v) is 5.23. The summed E-state index contributed by atoms with van der Waals surface area (Å²) in [5.41, 5.74) is 1.95. The van der Waals surface area contributed by atoms with Crippen LogP contribution in [0.15, 0.2) is 54.6 Å². The number of hydrogen-bond donors (Lipinski definition) is 1. The molecule has 140 valence electrons. The highest BCUT2D eigenvalue weighted by atomic mass is 19.4. The van der Waals surface area contributed by atoms with Gasteiger partial charge in [-0.05, 0) is 24.3 Å². The van der Waals surface area contributed by atoms with Crippen molar-refractivity contribution in [3.8, 4) is 11.3 Å². The van der Waals surface area contributed by atoms with Crippen molar-refractivity contribution in [3.05, 3.63) is 60.2 Å². The van der Waals surface area contributed by atoms with Gasteiger partial charge in [0.1, 0.15) is 5.56 Å². The minimum atomic E-state index is -4.41. The minimum absolute atomic E-state index is 0.146.